The summed E-state index contributed by atoms with van der Waals surface area (Å²) in [5.41, 5.74) is -3.10. The predicted molar refractivity (Wildman–Crippen MR) is 159 cm³/mol. The number of quaternary nitrogens is 1. The molecule has 17 heteroatoms. The van der Waals surface area contributed by atoms with Crippen molar-refractivity contribution in [3.63, 3.8) is 0 Å². The maximum absolute atomic E-state index is 15.3. The molecule has 0 bridgehead atoms. The Morgan fingerprint density at radius 1 is 1.06 bits per heavy atom. The number of likely N-dealkylation sites (N-methyl/N-ethyl adjacent to an activating group) is 2. The van der Waals surface area contributed by atoms with E-state index in [9.17, 15) is 31.5 Å². The Kier molecular flexibility index (Phi) is 8.62. The predicted octanol–water partition coefficient (Wildman–Crippen LogP) is 3.70. The first-order chi connectivity index (χ1) is 22.0. The van der Waals surface area contributed by atoms with Gasteiger partial charge in [-0.1, -0.05) is 11.6 Å². The van der Waals surface area contributed by atoms with Gasteiger partial charge in [-0.15, -0.1) is 13.2 Å². The molecule has 0 aliphatic carbocycles. The zero-order chi connectivity index (χ0) is 34.7. The number of benzene rings is 3. The van der Waals surface area contributed by atoms with E-state index in [4.69, 9.17) is 21.1 Å². The van der Waals surface area contributed by atoms with Crippen molar-refractivity contribution in [2.45, 2.75) is 35.4 Å². The lowest BCUT2D eigenvalue weighted by atomic mass is 9.78. The quantitative estimate of drug-likeness (QED) is 0.269. The van der Waals surface area contributed by atoms with Crippen molar-refractivity contribution in [2.75, 3.05) is 39.2 Å². The summed E-state index contributed by atoms with van der Waals surface area (Å²) in [4.78, 5) is 27.6. The van der Waals surface area contributed by atoms with Gasteiger partial charge in [0.2, 0.25) is 5.54 Å². The van der Waals surface area contributed by atoms with Crippen LogP contribution in [0.2, 0.25) is 5.02 Å². The smallest absolute Gasteiger partial charge is 0.497 e. The number of nitrogens with zero attached hydrogens (tertiary/aromatic N) is 2. The number of anilines is 1. The van der Waals surface area contributed by atoms with Crippen molar-refractivity contribution in [3.8, 4) is 17.2 Å². The van der Waals surface area contributed by atoms with Gasteiger partial charge in [-0.05, 0) is 48.5 Å². The summed E-state index contributed by atoms with van der Waals surface area (Å²) in [6, 6.07) is 8.17. The molecule has 252 valence electrons. The fraction of sp³-hybridized carbons (Fsp3) is 0.333. The van der Waals surface area contributed by atoms with Crippen LogP contribution < -0.4 is 23.8 Å². The number of amides is 2. The zero-order valence-electron chi connectivity index (χ0n) is 25.3. The number of ether oxygens (including phenoxy) is 3. The largest absolute Gasteiger partial charge is 0.573 e. The van der Waals surface area contributed by atoms with Crippen LogP contribution in [0.15, 0.2) is 59.5 Å². The summed E-state index contributed by atoms with van der Waals surface area (Å²) < 4.78 is 99.0. The van der Waals surface area contributed by atoms with Crippen molar-refractivity contribution < 1.29 is 59.4 Å². The van der Waals surface area contributed by atoms with Crippen molar-refractivity contribution >= 4 is 39.1 Å². The monoisotopic (exact) mass is 702 g/mol. The molecule has 0 radical (unpaired) electrons. The molecule has 47 heavy (non-hydrogen) atoms. The molecule has 2 heterocycles. The summed E-state index contributed by atoms with van der Waals surface area (Å²) in [6.45, 7) is -0.325. The van der Waals surface area contributed by atoms with Crippen LogP contribution in [0.4, 0.5) is 23.2 Å². The molecular weight excluding hydrogens is 674 g/mol. The number of methoxy groups -OCH3 is 2. The molecule has 2 unspecified atom stereocenters. The molecule has 0 spiro atoms. The van der Waals surface area contributed by atoms with E-state index in [0.717, 1.165) is 31.4 Å². The van der Waals surface area contributed by atoms with Gasteiger partial charge in [0.05, 0.1) is 38.1 Å². The molecule has 0 saturated carbocycles. The van der Waals surface area contributed by atoms with Gasteiger partial charge >= 0.3 is 12.3 Å². The van der Waals surface area contributed by atoms with Crippen LogP contribution in [0.25, 0.3) is 0 Å². The highest BCUT2D eigenvalue weighted by molar-refractivity contribution is 7.93. The summed E-state index contributed by atoms with van der Waals surface area (Å²) >= 11 is 6.43. The van der Waals surface area contributed by atoms with E-state index in [1.54, 1.807) is 0 Å². The third-order valence-electron chi connectivity index (χ3n) is 8.60. The highest BCUT2D eigenvalue weighted by Gasteiger charge is 2.72. The highest BCUT2D eigenvalue weighted by Crippen LogP contribution is 2.58. The second-order valence-corrected chi connectivity index (χ2v) is 13.3. The van der Waals surface area contributed by atoms with Crippen LogP contribution >= 0.6 is 11.6 Å². The van der Waals surface area contributed by atoms with Gasteiger partial charge in [0.15, 0.2) is 11.8 Å². The molecular formula is C30H29ClF4N3O8S+. The number of carbonyl (C=O) groups excluding carboxylic acids is 2. The normalized spacial score (nSPS) is 24.2. The fourth-order valence-corrected chi connectivity index (χ4v) is 8.47. The SMILES string of the molecule is CNC(=O)[C@@H]1C[C@@H](O)C[N+]1(C)C1(c2cc(F)ccc2OC)C(=O)N(S(=O)(=O)c2ccc(OC)cc2OC(F)(F)F)c2ccc(Cl)cc21. The topological polar surface area (TPSA) is 131 Å². The molecule has 2 N–H and O–H groups in total. The van der Waals surface area contributed by atoms with Gasteiger partial charge in [0.25, 0.3) is 15.9 Å². The molecule has 11 nitrogen and oxygen atoms in total. The Balaban J connectivity index is 1.91. The van der Waals surface area contributed by atoms with Crippen LogP contribution in [0, 0.1) is 5.82 Å². The lowest BCUT2D eigenvalue weighted by Crippen LogP contribution is -2.69. The molecule has 5 rings (SSSR count). The Bertz CT molecular complexity index is 1880. The van der Waals surface area contributed by atoms with E-state index in [-0.39, 0.29) is 50.6 Å². The number of likely N-dealkylation sites (tertiary alicyclic amines) is 1. The van der Waals surface area contributed by atoms with Crippen LogP contribution in [0.5, 0.6) is 17.2 Å². The van der Waals surface area contributed by atoms with Crippen LogP contribution in [-0.4, -0.2) is 83.2 Å². The maximum Gasteiger partial charge on any atom is 0.573 e. The number of carbonyl (C=O) groups is 2. The van der Waals surface area contributed by atoms with Crippen LogP contribution in [0.1, 0.15) is 17.5 Å². The minimum absolute atomic E-state index is 0.00363. The Labute approximate surface area is 271 Å². The highest BCUT2D eigenvalue weighted by atomic mass is 35.5. The summed E-state index contributed by atoms with van der Waals surface area (Å²) in [5, 5.41) is 13.5. The molecule has 3 aromatic carbocycles. The number of hydrogen-bond acceptors (Lipinski definition) is 8. The van der Waals surface area contributed by atoms with Gasteiger partial charge in [-0.3, -0.25) is 14.1 Å². The van der Waals surface area contributed by atoms with E-state index < -0.39 is 66.8 Å². The van der Waals surface area contributed by atoms with Crippen LogP contribution in [0.3, 0.4) is 0 Å². The maximum atomic E-state index is 15.3. The summed E-state index contributed by atoms with van der Waals surface area (Å²) in [6.07, 6.45) is -6.73. The molecule has 4 atom stereocenters. The standard InChI is InChI=1S/C30H28ClF4N3O8S/c1-36-27(40)23-13-18(39)15-38(23,2)29(21-12-17(32)6-9-24(21)45-4)20-11-16(31)5-8-22(20)37(28(29)41)47(42,43)26-10-7-19(44-3)14-25(26)46-30(33,34)35/h5-12,14,18,23,39H,13,15H2,1-4H3/p+1/t18-,23+,29?,38?/m1/s1. The first-order valence-electron chi connectivity index (χ1n) is 13.9. The number of fused-ring (bicyclic) bond motifs is 1. The number of nitrogens with one attached hydrogen (secondary N) is 1. The number of aliphatic hydroxyl groups is 1. The van der Waals surface area contributed by atoms with E-state index in [2.05, 4.69) is 10.1 Å². The number of hydrogen-bond donors (Lipinski definition) is 2. The van der Waals surface area contributed by atoms with Gasteiger partial charge < -0.3 is 24.6 Å². The zero-order valence-corrected chi connectivity index (χ0v) is 26.8. The van der Waals surface area contributed by atoms with Gasteiger partial charge in [0.1, 0.15) is 34.9 Å². The fourth-order valence-electron chi connectivity index (χ4n) is 6.74. The van der Waals surface area contributed by atoms with Gasteiger partial charge in [0, 0.05) is 24.6 Å². The van der Waals surface area contributed by atoms with Crippen molar-refractivity contribution in [1.82, 2.24) is 5.32 Å². The minimum atomic E-state index is -5.35. The minimum Gasteiger partial charge on any atom is -0.497 e. The summed E-state index contributed by atoms with van der Waals surface area (Å²) in [7, 11) is -0.191. The Morgan fingerprint density at radius 2 is 1.77 bits per heavy atom. The third-order valence-corrected chi connectivity index (χ3v) is 10.6. The average molecular weight is 703 g/mol. The second-order valence-electron chi connectivity index (χ2n) is 11.1. The van der Waals surface area contributed by atoms with Gasteiger partial charge in [-0.25, -0.2) is 12.8 Å². The molecule has 1 fully saturated rings. The number of alkyl halides is 3. The molecule has 3 aromatic rings. The first kappa shape index (κ1) is 34.2. The second kappa shape index (κ2) is 11.8. The van der Waals surface area contributed by atoms with Crippen molar-refractivity contribution in [2.24, 2.45) is 0 Å². The van der Waals surface area contributed by atoms with Crippen molar-refractivity contribution in [1.29, 1.82) is 0 Å². The molecule has 1 saturated heterocycles. The van der Waals surface area contributed by atoms with E-state index >= 15 is 9.18 Å². The van der Waals surface area contributed by atoms with E-state index in [1.165, 1.54) is 45.5 Å². The molecule has 2 aliphatic rings. The molecule has 2 aliphatic heterocycles. The molecule has 2 amide bonds. The average Bonchev–Trinajstić information content (AvgIpc) is 3.46. The number of aliphatic hydroxyl groups excluding tert-OH is 1. The Hall–Kier alpha value is -4.12. The lowest BCUT2D eigenvalue weighted by molar-refractivity contribution is -0.953. The number of sulfonamides is 1. The van der Waals surface area contributed by atoms with Crippen molar-refractivity contribution in [3.05, 3.63) is 76.6 Å². The molecule has 0 aromatic heterocycles. The number of halogens is 5. The third kappa shape index (κ3) is 5.32. The Morgan fingerprint density at radius 3 is 2.38 bits per heavy atom. The first-order valence-corrected chi connectivity index (χ1v) is 15.7. The lowest BCUT2D eigenvalue weighted by Gasteiger charge is -2.48. The number of rotatable bonds is 8. The van der Waals surface area contributed by atoms with Gasteiger partial charge in [-0.2, -0.15) is 4.31 Å². The summed E-state index contributed by atoms with van der Waals surface area (Å²) in [5.74, 6) is -4.27. The van der Waals surface area contributed by atoms with Crippen LogP contribution in [-0.2, 0) is 25.2 Å². The van der Waals surface area contributed by atoms with E-state index in [0.29, 0.717) is 6.07 Å². The van der Waals surface area contributed by atoms with E-state index in [1.807, 2.05) is 0 Å².